The molecule has 1 atom stereocenters. The fourth-order valence-electron chi connectivity index (χ4n) is 2.96. The summed E-state index contributed by atoms with van der Waals surface area (Å²) in [6.45, 7) is 3.64. The second-order valence-electron chi connectivity index (χ2n) is 5.85. The van der Waals surface area contributed by atoms with Crippen LogP contribution in [0.3, 0.4) is 0 Å². The van der Waals surface area contributed by atoms with Crippen molar-refractivity contribution in [3.63, 3.8) is 0 Å². The van der Waals surface area contributed by atoms with E-state index in [1.165, 1.54) is 0 Å². The molecule has 1 fully saturated rings. The number of amides is 1. The molecular weight excluding hydrogens is 314 g/mol. The zero-order chi connectivity index (χ0) is 16.1. The third-order valence-electron chi connectivity index (χ3n) is 4.14. The van der Waals surface area contributed by atoms with Gasteiger partial charge in [-0.1, -0.05) is 0 Å². The molecule has 1 aromatic carbocycles. The molecule has 1 saturated heterocycles. The van der Waals surface area contributed by atoms with Crippen LogP contribution in [0.4, 0.5) is 0 Å². The molecule has 0 bridgehead atoms. The molecule has 6 heteroatoms. The van der Waals surface area contributed by atoms with E-state index >= 15 is 0 Å². The van der Waals surface area contributed by atoms with Crippen molar-refractivity contribution in [1.82, 2.24) is 4.90 Å². The summed E-state index contributed by atoms with van der Waals surface area (Å²) in [5.74, 6) is 3.12. The number of hydrogen-bond acceptors (Lipinski definition) is 5. The van der Waals surface area contributed by atoms with Crippen LogP contribution in [-0.4, -0.2) is 56.6 Å². The lowest BCUT2D eigenvalue weighted by Crippen LogP contribution is -2.29. The van der Waals surface area contributed by atoms with Crippen molar-refractivity contribution in [3.8, 4) is 11.5 Å². The molecule has 23 heavy (non-hydrogen) atoms. The van der Waals surface area contributed by atoms with Crippen molar-refractivity contribution < 1.29 is 19.0 Å². The summed E-state index contributed by atoms with van der Waals surface area (Å²) in [5, 5.41) is 0. The number of hydrogen-bond donors (Lipinski definition) is 0. The fourth-order valence-corrected chi connectivity index (χ4v) is 3.83. The lowest BCUT2D eigenvalue weighted by Gasteiger charge is -2.19. The van der Waals surface area contributed by atoms with E-state index in [2.05, 4.69) is 0 Å². The quantitative estimate of drug-likeness (QED) is 0.746. The van der Waals surface area contributed by atoms with Gasteiger partial charge in [-0.3, -0.25) is 4.79 Å². The van der Waals surface area contributed by atoms with E-state index in [0.717, 1.165) is 48.3 Å². The van der Waals surface area contributed by atoms with E-state index in [1.54, 1.807) is 18.9 Å². The van der Waals surface area contributed by atoms with Crippen molar-refractivity contribution in [2.24, 2.45) is 5.92 Å². The Bertz CT molecular complexity index is 551. The highest BCUT2D eigenvalue weighted by atomic mass is 32.2. The Labute approximate surface area is 141 Å². The molecule has 0 aromatic heterocycles. The summed E-state index contributed by atoms with van der Waals surface area (Å²) in [5.41, 5.74) is 0. The van der Waals surface area contributed by atoms with Crippen LogP contribution in [-0.2, 0) is 9.53 Å². The highest BCUT2D eigenvalue weighted by molar-refractivity contribution is 7.99. The Morgan fingerprint density at radius 2 is 2.17 bits per heavy atom. The van der Waals surface area contributed by atoms with E-state index in [0.29, 0.717) is 25.6 Å². The van der Waals surface area contributed by atoms with E-state index in [1.807, 2.05) is 23.1 Å². The molecule has 1 aromatic rings. The lowest BCUT2D eigenvalue weighted by molar-refractivity contribution is -0.129. The maximum atomic E-state index is 12.2. The van der Waals surface area contributed by atoms with Gasteiger partial charge in [-0.25, -0.2) is 0 Å². The summed E-state index contributed by atoms with van der Waals surface area (Å²) in [6.07, 6.45) is 1.62. The van der Waals surface area contributed by atoms with Gasteiger partial charge in [0, 0.05) is 43.2 Å². The first kappa shape index (κ1) is 16.5. The number of methoxy groups -OCH3 is 1. The first-order valence-electron chi connectivity index (χ1n) is 8.05. The van der Waals surface area contributed by atoms with Gasteiger partial charge in [-0.2, -0.15) is 0 Å². The second-order valence-corrected chi connectivity index (χ2v) is 7.02. The topological polar surface area (TPSA) is 48.0 Å². The number of carbonyl (C=O) groups is 1. The van der Waals surface area contributed by atoms with Gasteiger partial charge in [-0.15, -0.1) is 11.8 Å². The first-order chi connectivity index (χ1) is 11.3. The number of likely N-dealkylation sites (tertiary alicyclic amines) is 1. The summed E-state index contributed by atoms with van der Waals surface area (Å²) in [6, 6.07) is 5.95. The van der Waals surface area contributed by atoms with Crippen molar-refractivity contribution in [3.05, 3.63) is 18.2 Å². The highest BCUT2D eigenvalue weighted by Gasteiger charge is 2.25. The molecule has 0 N–H and O–H groups in total. The number of carbonyl (C=O) groups excluding carboxylic acids is 1. The van der Waals surface area contributed by atoms with E-state index in [4.69, 9.17) is 14.2 Å². The summed E-state index contributed by atoms with van der Waals surface area (Å²) in [7, 11) is 1.72. The molecule has 1 amide bonds. The van der Waals surface area contributed by atoms with Gasteiger partial charge >= 0.3 is 0 Å². The molecule has 2 heterocycles. The van der Waals surface area contributed by atoms with Gasteiger partial charge in [0.1, 0.15) is 13.2 Å². The molecule has 126 valence electrons. The fraction of sp³-hybridized carbons (Fsp3) is 0.588. The van der Waals surface area contributed by atoms with Crippen molar-refractivity contribution >= 4 is 17.7 Å². The minimum Gasteiger partial charge on any atom is -0.486 e. The van der Waals surface area contributed by atoms with Crippen LogP contribution >= 0.6 is 11.8 Å². The maximum absolute atomic E-state index is 12.2. The SMILES string of the molecule is COC[C@@H]1CCN(C(=O)CCSc2ccc3c(c2)OCCO3)C1. The number of benzene rings is 1. The normalized spacial score (nSPS) is 19.9. The molecule has 2 aliphatic rings. The standard InChI is InChI=1S/C17H23NO4S/c1-20-12-13-4-6-18(11-13)17(19)5-9-23-14-2-3-15-16(10-14)22-8-7-21-15/h2-3,10,13H,4-9,11-12H2,1H3/t13-/m1/s1. The molecule has 0 radical (unpaired) electrons. The van der Waals surface area contributed by atoms with Gasteiger partial charge in [0.2, 0.25) is 5.91 Å². The van der Waals surface area contributed by atoms with E-state index < -0.39 is 0 Å². The number of ether oxygens (including phenoxy) is 3. The number of nitrogens with zero attached hydrogens (tertiary/aromatic N) is 1. The van der Waals surface area contributed by atoms with Crippen molar-refractivity contribution in [2.75, 3.05) is 45.8 Å². The predicted molar refractivity (Wildman–Crippen MR) is 89.3 cm³/mol. The van der Waals surface area contributed by atoms with Gasteiger partial charge in [0.15, 0.2) is 11.5 Å². The number of thioether (sulfide) groups is 1. The average Bonchev–Trinajstić information content (AvgIpc) is 3.04. The molecule has 3 rings (SSSR count). The van der Waals surface area contributed by atoms with Crippen molar-refractivity contribution in [2.45, 2.75) is 17.7 Å². The van der Waals surface area contributed by atoms with E-state index in [-0.39, 0.29) is 5.91 Å². The third kappa shape index (κ3) is 4.32. The Hall–Kier alpha value is -1.40. The first-order valence-corrected chi connectivity index (χ1v) is 9.04. The van der Waals surface area contributed by atoms with Crippen LogP contribution in [0.1, 0.15) is 12.8 Å². The van der Waals surface area contributed by atoms with Gasteiger partial charge in [0.05, 0.1) is 6.61 Å². The zero-order valence-electron chi connectivity index (χ0n) is 13.5. The third-order valence-corrected chi connectivity index (χ3v) is 5.13. The van der Waals surface area contributed by atoms with Crippen LogP contribution < -0.4 is 9.47 Å². The largest absolute Gasteiger partial charge is 0.486 e. The van der Waals surface area contributed by atoms with Gasteiger partial charge in [-0.05, 0) is 24.6 Å². The Balaban J connectivity index is 1.43. The summed E-state index contributed by atoms with van der Waals surface area (Å²) >= 11 is 1.68. The van der Waals surface area contributed by atoms with Crippen LogP contribution in [0.15, 0.2) is 23.1 Å². The molecule has 5 nitrogen and oxygen atoms in total. The molecule has 0 unspecified atom stereocenters. The second kappa shape index (κ2) is 7.93. The highest BCUT2D eigenvalue weighted by Crippen LogP contribution is 2.34. The Morgan fingerprint density at radius 1 is 1.35 bits per heavy atom. The lowest BCUT2D eigenvalue weighted by atomic mass is 10.1. The summed E-state index contributed by atoms with van der Waals surface area (Å²) in [4.78, 5) is 15.3. The zero-order valence-corrected chi connectivity index (χ0v) is 14.3. The van der Waals surface area contributed by atoms with Crippen LogP contribution in [0.25, 0.3) is 0 Å². The monoisotopic (exact) mass is 337 g/mol. The Morgan fingerprint density at radius 3 is 3.00 bits per heavy atom. The Kier molecular flexibility index (Phi) is 5.67. The molecular formula is C17H23NO4S. The number of rotatable bonds is 6. The van der Waals surface area contributed by atoms with E-state index in [9.17, 15) is 4.79 Å². The molecule has 0 spiro atoms. The minimum atomic E-state index is 0.244. The van der Waals surface area contributed by atoms with Crippen LogP contribution in [0, 0.1) is 5.92 Å². The minimum absolute atomic E-state index is 0.244. The molecule has 0 saturated carbocycles. The van der Waals surface area contributed by atoms with Crippen LogP contribution in [0.2, 0.25) is 0 Å². The maximum Gasteiger partial charge on any atom is 0.223 e. The van der Waals surface area contributed by atoms with Crippen molar-refractivity contribution in [1.29, 1.82) is 0 Å². The smallest absolute Gasteiger partial charge is 0.223 e. The van der Waals surface area contributed by atoms with Crippen LogP contribution in [0.5, 0.6) is 11.5 Å². The average molecular weight is 337 g/mol. The van der Waals surface area contributed by atoms with Gasteiger partial charge in [0.25, 0.3) is 0 Å². The molecule has 2 aliphatic heterocycles. The van der Waals surface area contributed by atoms with Gasteiger partial charge < -0.3 is 19.1 Å². The summed E-state index contributed by atoms with van der Waals surface area (Å²) < 4.78 is 16.3. The number of fused-ring (bicyclic) bond motifs is 1. The molecule has 0 aliphatic carbocycles. The predicted octanol–water partition coefficient (Wildman–Crippen LogP) is 2.43.